The lowest BCUT2D eigenvalue weighted by Gasteiger charge is -2.08. The molecule has 0 aliphatic carbocycles. The molecule has 0 aliphatic rings. The first-order valence-corrected chi connectivity index (χ1v) is 4.18. The van der Waals surface area contributed by atoms with Gasteiger partial charge in [0.25, 0.3) is 0 Å². The topological polar surface area (TPSA) is 65.3 Å². The van der Waals surface area contributed by atoms with Crippen LogP contribution in [0.4, 0.5) is 18.9 Å². The molecule has 1 heterocycles. The SMILES string of the molecule is O=[N+]([O-])c1ccncc1OCCC(F)(F)F. The number of nitro groups is 1. The van der Waals surface area contributed by atoms with E-state index in [0.29, 0.717) is 0 Å². The van der Waals surface area contributed by atoms with Gasteiger partial charge in [0.15, 0.2) is 0 Å². The third-order valence-corrected chi connectivity index (χ3v) is 1.60. The molecule has 0 radical (unpaired) electrons. The van der Waals surface area contributed by atoms with Crippen LogP contribution in [0.25, 0.3) is 0 Å². The highest BCUT2D eigenvalue weighted by Crippen LogP contribution is 2.26. The summed E-state index contributed by atoms with van der Waals surface area (Å²) in [6, 6.07) is 1.06. The van der Waals surface area contributed by atoms with Crippen LogP contribution in [0.3, 0.4) is 0 Å². The Morgan fingerprint density at radius 2 is 2.19 bits per heavy atom. The van der Waals surface area contributed by atoms with Crippen molar-refractivity contribution >= 4 is 5.69 Å². The number of rotatable bonds is 4. The Kier molecular flexibility index (Phi) is 3.64. The van der Waals surface area contributed by atoms with Crippen molar-refractivity contribution in [1.29, 1.82) is 0 Å². The fourth-order valence-corrected chi connectivity index (χ4v) is 0.911. The number of aromatic nitrogens is 1. The average molecular weight is 236 g/mol. The van der Waals surface area contributed by atoms with Crippen molar-refractivity contribution in [1.82, 2.24) is 4.98 Å². The van der Waals surface area contributed by atoms with Crippen LogP contribution in [0.1, 0.15) is 6.42 Å². The van der Waals surface area contributed by atoms with Gasteiger partial charge in [-0.3, -0.25) is 15.1 Å². The lowest BCUT2D eigenvalue weighted by Crippen LogP contribution is -2.13. The average Bonchev–Trinajstić information content (AvgIpc) is 2.16. The zero-order chi connectivity index (χ0) is 12.2. The smallest absolute Gasteiger partial charge is 0.392 e. The highest BCUT2D eigenvalue weighted by Gasteiger charge is 2.27. The van der Waals surface area contributed by atoms with Gasteiger partial charge in [-0.1, -0.05) is 0 Å². The first kappa shape index (κ1) is 12.2. The summed E-state index contributed by atoms with van der Waals surface area (Å²) in [5.41, 5.74) is -0.405. The van der Waals surface area contributed by atoms with Gasteiger partial charge in [0.2, 0.25) is 5.75 Å². The van der Waals surface area contributed by atoms with Crippen molar-refractivity contribution in [2.24, 2.45) is 0 Å². The van der Waals surface area contributed by atoms with Gasteiger partial charge in [0.1, 0.15) is 0 Å². The van der Waals surface area contributed by atoms with Crippen LogP contribution in [0.15, 0.2) is 18.5 Å². The molecule has 0 aromatic carbocycles. The maximum absolute atomic E-state index is 11.8. The normalized spacial score (nSPS) is 11.2. The maximum Gasteiger partial charge on any atom is 0.392 e. The molecule has 16 heavy (non-hydrogen) atoms. The van der Waals surface area contributed by atoms with Crippen molar-refractivity contribution in [2.75, 3.05) is 6.61 Å². The van der Waals surface area contributed by atoms with Crippen LogP contribution in [-0.4, -0.2) is 22.7 Å². The largest absolute Gasteiger partial charge is 0.485 e. The molecule has 0 fully saturated rings. The molecule has 88 valence electrons. The van der Waals surface area contributed by atoms with Gasteiger partial charge in [-0.05, 0) is 0 Å². The number of pyridine rings is 1. The van der Waals surface area contributed by atoms with Gasteiger partial charge in [0, 0.05) is 12.3 Å². The third-order valence-electron chi connectivity index (χ3n) is 1.60. The molecule has 0 saturated carbocycles. The minimum atomic E-state index is -4.35. The van der Waals surface area contributed by atoms with Crippen molar-refractivity contribution in [2.45, 2.75) is 12.6 Å². The molecule has 5 nitrogen and oxygen atoms in total. The fourth-order valence-electron chi connectivity index (χ4n) is 0.911. The highest BCUT2D eigenvalue weighted by molar-refractivity contribution is 5.43. The second-order valence-corrected chi connectivity index (χ2v) is 2.81. The predicted octanol–water partition coefficient (Wildman–Crippen LogP) is 2.32. The lowest BCUT2D eigenvalue weighted by molar-refractivity contribution is -0.386. The molecule has 0 amide bonds. The molecule has 0 N–H and O–H groups in total. The molecular formula is C8H7F3N2O3. The van der Waals surface area contributed by atoms with E-state index >= 15 is 0 Å². The van der Waals surface area contributed by atoms with Gasteiger partial charge in [-0.2, -0.15) is 13.2 Å². The Balaban J connectivity index is 2.64. The Hall–Kier alpha value is -1.86. The van der Waals surface area contributed by atoms with E-state index < -0.39 is 29.8 Å². The number of ether oxygens (including phenoxy) is 1. The van der Waals surface area contributed by atoms with E-state index in [9.17, 15) is 23.3 Å². The zero-order valence-corrected chi connectivity index (χ0v) is 7.90. The zero-order valence-electron chi connectivity index (χ0n) is 7.90. The molecule has 0 bridgehead atoms. The van der Waals surface area contributed by atoms with Crippen LogP contribution < -0.4 is 4.74 Å². The van der Waals surface area contributed by atoms with Crippen LogP contribution in [0.5, 0.6) is 5.75 Å². The summed E-state index contributed by atoms with van der Waals surface area (Å²) in [6.45, 7) is -0.671. The summed E-state index contributed by atoms with van der Waals surface area (Å²) < 4.78 is 40.0. The summed E-state index contributed by atoms with van der Waals surface area (Å²) in [5.74, 6) is -0.267. The number of alkyl halides is 3. The maximum atomic E-state index is 11.8. The summed E-state index contributed by atoms with van der Waals surface area (Å²) in [7, 11) is 0. The molecule has 0 saturated heterocycles. The van der Waals surface area contributed by atoms with E-state index in [2.05, 4.69) is 9.72 Å². The summed E-state index contributed by atoms with van der Waals surface area (Å²) >= 11 is 0. The van der Waals surface area contributed by atoms with Crippen LogP contribution >= 0.6 is 0 Å². The van der Waals surface area contributed by atoms with E-state index in [-0.39, 0.29) is 5.75 Å². The molecule has 0 atom stereocenters. The molecule has 1 aromatic rings. The Labute approximate surface area is 88.0 Å². The van der Waals surface area contributed by atoms with E-state index in [4.69, 9.17) is 0 Å². The van der Waals surface area contributed by atoms with Crippen LogP contribution in [0.2, 0.25) is 0 Å². The van der Waals surface area contributed by atoms with Crippen molar-refractivity contribution < 1.29 is 22.8 Å². The number of hydrogen-bond donors (Lipinski definition) is 0. The predicted molar refractivity (Wildman–Crippen MR) is 47.1 cm³/mol. The number of hydrogen-bond acceptors (Lipinski definition) is 4. The lowest BCUT2D eigenvalue weighted by atomic mass is 10.4. The molecular weight excluding hydrogens is 229 g/mol. The Bertz CT molecular complexity index is 381. The van der Waals surface area contributed by atoms with Crippen molar-refractivity contribution in [3.8, 4) is 5.75 Å². The Morgan fingerprint density at radius 3 is 2.75 bits per heavy atom. The first-order valence-electron chi connectivity index (χ1n) is 4.18. The molecule has 1 aromatic heterocycles. The van der Waals surface area contributed by atoms with Crippen molar-refractivity contribution in [3.63, 3.8) is 0 Å². The standard InChI is InChI=1S/C8H7F3N2O3/c9-8(10,11)2-4-16-7-5-12-3-1-6(7)13(14)15/h1,3,5H,2,4H2. The summed E-state index contributed by atoms with van der Waals surface area (Å²) in [5, 5.41) is 10.5. The van der Waals surface area contributed by atoms with E-state index in [0.717, 1.165) is 18.5 Å². The molecule has 1 rings (SSSR count). The van der Waals surface area contributed by atoms with Crippen LogP contribution in [0, 0.1) is 10.1 Å². The minimum absolute atomic E-state index is 0.267. The number of halogens is 3. The van der Waals surface area contributed by atoms with Crippen molar-refractivity contribution in [3.05, 3.63) is 28.6 Å². The van der Waals surface area contributed by atoms with E-state index in [1.54, 1.807) is 0 Å². The summed E-state index contributed by atoms with van der Waals surface area (Å²) in [4.78, 5) is 13.2. The van der Waals surface area contributed by atoms with E-state index in [1.807, 2.05) is 0 Å². The quantitative estimate of drug-likeness (QED) is 0.594. The summed E-state index contributed by atoms with van der Waals surface area (Å²) in [6.07, 6.45) is -3.35. The monoisotopic (exact) mass is 236 g/mol. The Morgan fingerprint density at radius 1 is 1.50 bits per heavy atom. The highest BCUT2D eigenvalue weighted by atomic mass is 19.4. The molecule has 0 unspecified atom stereocenters. The molecule has 8 heteroatoms. The van der Waals surface area contributed by atoms with Crippen LogP contribution in [-0.2, 0) is 0 Å². The van der Waals surface area contributed by atoms with Gasteiger partial charge in [0.05, 0.1) is 24.1 Å². The van der Waals surface area contributed by atoms with Gasteiger partial charge in [-0.25, -0.2) is 0 Å². The molecule has 0 spiro atoms. The van der Waals surface area contributed by atoms with E-state index in [1.165, 1.54) is 0 Å². The van der Waals surface area contributed by atoms with Gasteiger partial charge >= 0.3 is 11.9 Å². The van der Waals surface area contributed by atoms with Gasteiger partial charge < -0.3 is 4.74 Å². The third kappa shape index (κ3) is 3.71. The van der Waals surface area contributed by atoms with Gasteiger partial charge in [-0.15, -0.1) is 0 Å². The second-order valence-electron chi connectivity index (χ2n) is 2.81. The second kappa shape index (κ2) is 4.77. The minimum Gasteiger partial charge on any atom is -0.485 e. The fraction of sp³-hybridized carbons (Fsp3) is 0.375. The molecule has 0 aliphatic heterocycles. The first-order chi connectivity index (χ1) is 7.40. The number of nitrogens with zero attached hydrogens (tertiary/aromatic N) is 2.